The minimum absolute atomic E-state index is 0.0449. The summed E-state index contributed by atoms with van der Waals surface area (Å²) in [6.07, 6.45) is 5.40. The number of aromatic nitrogens is 1. The highest BCUT2D eigenvalue weighted by Gasteiger charge is 2.43. The number of nitriles is 1. The van der Waals surface area contributed by atoms with Crippen molar-refractivity contribution in [1.29, 1.82) is 5.26 Å². The maximum atomic E-state index is 13.3. The second-order valence-electron chi connectivity index (χ2n) is 11.1. The van der Waals surface area contributed by atoms with E-state index in [2.05, 4.69) is 20.5 Å². The van der Waals surface area contributed by atoms with Crippen molar-refractivity contribution in [3.05, 3.63) is 83.3 Å². The van der Waals surface area contributed by atoms with Crippen LogP contribution in [0.15, 0.2) is 66.7 Å². The summed E-state index contributed by atoms with van der Waals surface area (Å²) in [5.74, 6) is 0. The number of carbonyl (C=O) groups excluding carboxylic acids is 1. The minimum Gasteiger partial charge on any atom is -0.445 e. The van der Waals surface area contributed by atoms with E-state index in [-0.39, 0.29) is 11.7 Å². The highest BCUT2D eigenvalue weighted by molar-refractivity contribution is 5.70. The van der Waals surface area contributed by atoms with Crippen molar-refractivity contribution in [2.75, 3.05) is 44.7 Å². The number of amides is 1. The van der Waals surface area contributed by atoms with Crippen molar-refractivity contribution in [3.8, 4) is 6.07 Å². The minimum atomic E-state index is -4.54. The van der Waals surface area contributed by atoms with E-state index in [1.807, 2.05) is 55.4 Å². The van der Waals surface area contributed by atoms with Crippen LogP contribution in [0.25, 0.3) is 0 Å². The van der Waals surface area contributed by atoms with Crippen LogP contribution in [0.5, 0.6) is 0 Å². The second kappa shape index (κ2) is 12.3. The Labute approximate surface area is 249 Å². The molecule has 2 fully saturated rings. The number of ether oxygens (including phenoxy) is 2. The molecule has 0 saturated carbocycles. The third-order valence-corrected chi connectivity index (χ3v) is 8.32. The first-order chi connectivity index (χ1) is 20.6. The number of piperidine rings is 1. The van der Waals surface area contributed by atoms with Gasteiger partial charge in [-0.15, -0.1) is 0 Å². The summed E-state index contributed by atoms with van der Waals surface area (Å²) in [5, 5.41) is 16.2. The van der Waals surface area contributed by atoms with Crippen molar-refractivity contribution in [3.63, 3.8) is 0 Å². The number of likely N-dealkylation sites (tertiary alicyclic amines) is 1. The van der Waals surface area contributed by atoms with Crippen molar-refractivity contribution in [1.82, 2.24) is 20.5 Å². The number of nitrogens with one attached hydrogen (secondary N) is 2. The lowest BCUT2D eigenvalue weighted by molar-refractivity contribution is -0.137. The zero-order chi connectivity index (χ0) is 30.7. The molecule has 0 bridgehead atoms. The normalized spacial score (nSPS) is 23.7. The monoisotopic (exact) mass is 596 g/mol. The van der Waals surface area contributed by atoms with Gasteiger partial charge in [-0.3, -0.25) is 4.98 Å². The van der Waals surface area contributed by atoms with E-state index in [1.54, 1.807) is 12.4 Å². The Bertz CT molecular complexity index is 1420. The number of benzene rings is 1. The number of hydrogen-bond acceptors (Lipinski definition) is 8. The molecule has 2 atom stereocenters. The molecule has 12 heteroatoms. The molecule has 1 unspecified atom stereocenters. The van der Waals surface area contributed by atoms with Crippen LogP contribution in [0.4, 0.5) is 23.7 Å². The van der Waals surface area contributed by atoms with Crippen LogP contribution in [0.1, 0.15) is 42.9 Å². The van der Waals surface area contributed by atoms with E-state index in [1.165, 1.54) is 6.07 Å². The van der Waals surface area contributed by atoms with E-state index in [0.29, 0.717) is 44.8 Å². The maximum Gasteiger partial charge on any atom is 0.416 e. The van der Waals surface area contributed by atoms with Gasteiger partial charge in [0.15, 0.2) is 5.72 Å². The molecule has 3 aliphatic heterocycles. The summed E-state index contributed by atoms with van der Waals surface area (Å²) in [4.78, 5) is 21.5. The molecule has 43 heavy (non-hydrogen) atoms. The summed E-state index contributed by atoms with van der Waals surface area (Å²) in [7, 11) is 1.98. The molecule has 228 valence electrons. The van der Waals surface area contributed by atoms with Gasteiger partial charge in [0.05, 0.1) is 22.4 Å². The van der Waals surface area contributed by atoms with Gasteiger partial charge in [-0.1, -0.05) is 12.1 Å². The predicted molar refractivity (Wildman–Crippen MR) is 154 cm³/mol. The average Bonchev–Trinajstić information content (AvgIpc) is 3.41. The van der Waals surface area contributed by atoms with Crippen LogP contribution in [0.2, 0.25) is 0 Å². The number of pyridine rings is 1. The van der Waals surface area contributed by atoms with Crippen molar-refractivity contribution < 1.29 is 27.4 Å². The van der Waals surface area contributed by atoms with Crippen molar-refractivity contribution in [2.24, 2.45) is 0 Å². The molecule has 2 N–H and O–H groups in total. The predicted octanol–water partition coefficient (Wildman–Crippen LogP) is 4.67. The van der Waals surface area contributed by atoms with Crippen molar-refractivity contribution in [2.45, 2.75) is 49.7 Å². The summed E-state index contributed by atoms with van der Waals surface area (Å²) >= 11 is 0. The number of anilines is 1. The molecule has 5 rings (SSSR count). The molecule has 2 saturated heterocycles. The molecule has 1 aromatic carbocycles. The third-order valence-electron chi connectivity index (χ3n) is 8.32. The van der Waals surface area contributed by atoms with E-state index in [4.69, 9.17) is 9.47 Å². The Morgan fingerprint density at radius 2 is 2.05 bits per heavy atom. The number of likely N-dealkylation sites (N-methyl/N-ethyl adjacent to an activating group) is 1. The van der Waals surface area contributed by atoms with E-state index in [0.717, 1.165) is 36.2 Å². The Morgan fingerprint density at radius 1 is 1.26 bits per heavy atom. The number of hydrogen-bond donors (Lipinski definition) is 2. The van der Waals surface area contributed by atoms with E-state index in [9.17, 15) is 23.2 Å². The van der Waals surface area contributed by atoms with E-state index >= 15 is 0 Å². The Morgan fingerprint density at radius 3 is 2.63 bits per heavy atom. The lowest BCUT2D eigenvalue weighted by atomic mass is 9.79. The van der Waals surface area contributed by atoms with Crippen molar-refractivity contribution >= 4 is 11.8 Å². The van der Waals surface area contributed by atoms with Crippen LogP contribution in [-0.4, -0.2) is 67.5 Å². The van der Waals surface area contributed by atoms with Crippen LogP contribution < -0.4 is 15.5 Å². The fourth-order valence-electron chi connectivity index (χ4n) is 6.01. The molecule has 1 amide bonds. The summed E-state index contributed by atoms with van der Waals surface area (Å²) < 4.78 is 51.7. The Hall–Kier alpha value is -4.08. The van der Waals surface area contributed by atoms with Crippen LogP contribution in [0.3, 0.4) is 0 Å². The fourth-order valence-corrected chi connectivity index (χ4v) is 6.01. The first-order valence-corrected chi connectivity index (χ1v) is 14.3. The molecule has 4 heterocycles. The van der Waals surface area contributed by atoms with Crippen LogP contribution in [-0.2, 0) is 21.4 Å². The number of alkyl halides is 3. The number of halogens is 3. The molecular weight excluding hydrogens is 561 g/mol. The van der Waals surface area contributed by atoms with E-state index < -0.39 is 29.1 Å². The van der Waals surface area contributed by atoms with Gasteiger partial charge in [0, 0.05) is 56.9 Å². The first-order valence-electron chi connectivity index (χ1n) is 14.3. The van der Waals surface area contributed by atoms with Gasteiger partial charge in [-0.2, -0.15) is 18.4 Å². The number of carbonyl (C=O) groups is 1. The van der Waals surface area contributed by atoms with Crippen LogP contribution >= 0.6 is 0 Å². The zero-order valence-corrected chi connectivity index (χ0v) is 24.2. The quantitative estimate of drug-likeness (QED) is 0.476. The third kappa shape index (κ3) is 6.48. The largest absolute Gasteiger partial charge is 0.445 e. The smallest absolute Gasteiger partial charge is 0.416 e. The lowest BCUT2D eigenvalue weighted by Crippen LogP contribution is -2.58. The molecule has 0 radical (unpaired) electrons. The molecule has 0 spiro atoms. The van der Waals surface area contributed by atoms with Gasteiger partial charge in [0.1, 0.15) is 12.2 Å². The average molecular weight is 597 g/mol. The second-order valence-corrected chi connectivity index (χ2v) is 11.1. The topological polar surface area (TPSA) is 103 Å². The van der Waals surface area contributed by atoms with Gasteiger partial charge in [0.25, 0.3) is 0 Å². The maximum absolute atomic E-state index is 13.3. The highest BCUT2D eigenvalue weighted by atomic mass is 19.4. The Balaban J connectivity index is 1.40. The highest BCUT2D eigenvalue weighted by Crippen LogP contribution is 2.39. The molecule has 9 nitrogen and oxygen atoms in total. The number of rotatable bonds is 7. The standard InChI is InChI=1S/C31H35F3N6O3/c1-3-42-30(25-5-4-13-36-19-25)10-8-24(20-37-30)29(38-28(41)43-26-9-14-39(2)21-26)11-15-40(16-12-29)27-7-6-23(31(32,33)34)17-22(27)18-35/h4-8,10,13,17,19-20,26,37H,3,9,11-12,14-16,21H2,1-2H3,(H,38,41)/t26-,30?/m0/s1. The molecule has 1 aromatic heterocycles. The van der Waals surface area contributed by atoms with Gasteiger partial charge in [0.2, 0.25) is 0 Å². The summed E-state index contributed by atoms with van der Waals surface area (Å²) in [5.41, 5.74) is -0.638. The molecule has 2 aromatic rings. The lowest BCUT2D eigenvalue weighted by Gasteiger charge is -2.45. The van der Waals surface area contributed by atoms with Crippen LogP contribution in [0, 0.1) is 11.3 Å². The van der Waals surface area contributed by atoms with Gasteiger partial charge < -0.3 is 29.9 Å². The molecule has 3 aliphatic rings. The number of dihydropyridines is 1. The fraction of sp³-hybridized carbons (Fsp3) is 0.452. The summed E-state index contributed by atoms with van der Waals surface area (Å²) in [6, 6.07) is 8.88. The molecular formula is C31H35F3N6O3. The zero-order valence-electron chi connectivity index (χ0n) is 24.2. The number of alkyl carbamates (subject to hydrolysis) is 1. The van der Waals surface area contributed by atoms with Gasteiger partial charge in [-0.25, -0.2) is 4.79 Å². The van der Waals surface area contributed by atoms with Gasteiger partial charge in [-0.05, 0) is 69.1 Å². The first kappa shape index (κ1) is 30.4. The summed E-state index contributed by atoms with van der Waals surface area (Å²) in [6.45, 7) is 4.61. The molecule has 0 aliphatic carbocycles. The number of nitrogens with zero attached hydrogens (tertiary/aromatic N) is 4. The SMILES string of the molecule is CCOC1(c2cccnc2)C=CC(C2(NC(=O)O[C@H]3CCN(C)C3)CCN(c3ccc(C(F)(F)F)cc3C#N)CC2)=CN1. The van der Waals surface area contributed by atoms with Gasteiger partial charge >= 0.3 is 12.3 Å². The Kier molecular flexibility index (Phi) is 8.66.